The third kappa shape index (κ3) is 5.03. The number of amides is 2. The molecule has 1 fully saturated rings. The van der Waals surface area contributed by atoms with Crippen LogP contribution in [0.5, 0.6) is 0 Å². The van der Waals surface area contributed by atoms with Gasteiger partial charge in [-0.1, -0.05) is 38.3 Å². The minimum Gasteiger partial charge on any atom is -0.351 e. The van der Waals surface area contributed by atoms with Crippen molar-refractivity contribution >= 4 is 34.5 Å². The van der Waals surface area contributed by atoms with E-state index in [0.29, 0.717) is 19.4 Å². The fourth-order valence-electron chi connectivity index (χ4n) is 3.82. The number of hydrogen-bond acceptors (Lipinski definition) is 4. The molecule has 0 spiro atoms. The van der Waals surface area contributed by atoms with Crippen molar-refractivity contribution in [3.8, 4) is 0 Å². The number of carbonyl (C=O) groups is 2. The second-order valence-electron chi connectivity index (χ2n) is 7.75. The summed E-state index contributed by atoms with van der Waals surface area (Å²) in [6, 6.07) is 8.21. The molecule has 1 N–H and O–H groups in total. The van der Waals surface area contributed by atoms with E-state index in [2.05, 4.69) is 5.32 Å². The normalized spacial score (nSPS) is 17.1. The van der Waals surface area contributed by atoms with Gasteiger partial charge in [0.2, 0.25) is 11.8 Å². The second-order valence-corrected chi connectivity index (χ2v) is 9.82. The standard InChI is InChI=1S/C22H30N2O2S2/c1-3-22(2,21(26)23-17-9-5-4-6-10-17)24(16-19-12-8-14-28-19)20(25)15-18-11-7-13-27-18/h7-8,11-14,17H,3-6,9-10,15-16H2,1-2H3,(H,23,26)/t22-/m0/s1. The van der Waals surface area contributed by atoms with Crippen molar-refractivity contribution < 1.29 is 9.59 Å². The first-order valence-electron chi connectivity index (χ1n) is 10.2. The number of hydrogen-bond donors (Lipinski definition) is 1. The summed E-state index contributed by atoms with van der Waals surface area (Å²) in [6.07, 6.45) is 6.61. The zero-order valence-corrected chi connectivity index (χ0v) is 18.4. The maximum Gasteiger partial charge on any atom is 0.245 e. The first-order valence-corrected chi connectivity index (χ1v) is 11.9. The van der Waals surface area contributed by atoms with Gasteiger partial charge < -0.3 is 10.2 Å². The molecule has 2 aromatic heterocycles. The highest BCUT2D eigenvalue weighted by molar-refractivity contribution is 7.10. The van der Waals surface area contributed by atoms with Gasteiger partial charge in [0.25, 0.3) is 0 Å². The van der Waals surface area contributed by atoms with E-state index in [-0.39, 0.29) is 17.9 Å². The summed E-state index contributed by atoms with van der Waals surface area (Å²) in [6.45, 7) is 4.40. The van der Waals surface area contributed by atoms with Gasteiger partial charge >= 0.3 is 0 Å². The molecule has 0 unspecified atom stereocenters. The Morgan fingerprint density at radius 3 is 2.32 bits per heavy atom. The summed E-state index contributed by atoms with van der Waals surface area (Å²) < 4.78 is 0. The van der Waals surface area contributed by atoms with Crippen LogP contribution < -0.4 is 5.32 Å². The zero-order chi connectivity index (χ0) is 20.0. The maximum atomic E-state index is 13.3. The van der Waals surface area contributed by atoms with Crippen molar-refractivity contribution in [2.24, 2.45) is 0 Å². The molecular formula is C22H30N2O2S2. The van der Waals surface area contributed by atoms with Crippen LogP contribution in [-0.2, 0) is 22.6 Å². The van der Waals surface area contributed by atoms with Crippen molar-refractivity contribution in [1.29, 1.82) is 0 Å². The van der Waals surface area contributed by atoms with E-state index in [1.807, 2.05) is 48.9 Å². The third-order valence-electron chi connectivity index (χ3n) is 5.81. The smallest absolute Gasteiger partial charge is 0.245 e. The van der Waals surface area contributed by atoms with Crippen molar-refractivity contribution in [2.45, 2.75) is 76.9 Å². The largest absolute Gasteiger partial charge is 0.351 e. The number of nitrogens with zero attached hydrogens (tertiary/aromatic N) is 1. The van der Waals surface area contributed by atoms with Crippen LogP contribution in [-0.4, -0.2) is 28.3 Å². The van der Waals surface area contributed by atoms with E-state index in [1.165, 1.54) is 19.3 Å². The van der Waals surface area contributed by atoms with Crippen LogP contribution in [0, 0.1) is 0 Å². The van der Waals surface area contributed by atoms with Gasteiger partial charge in [0.15, 0.2) is 0 Å². The van der Waals surface area contributed by atoms with Crippen molar-refractivity contribution in [2.75, 3.05) is 0 Å². The average molecular weight is 419 g/mol. The minimum atomic E-state index is -0.851. The van der Waals surface area contributed by atoms with E-state index in [4.69, 9.17) is 0 Å². The molecule has 4 nitrogen and oxygen atoms in total. The molecule has 6 heteroatoms. The fourth-order valence-corrected chi connectivity index (χ4v) is 5.20. The first-order chi connectivity index (χ1) is 13.5. The Hall–Kier alpha value is -1.66. The van der Waals surface area contributed by atoms with Gasteiger partial charge in [0.1, 0.15) is 5.54 Å². The lowest BCUT2D eigenvalue weighted by Crippen LogP contribution is -2.60. The van der Waals surface area contributed by atoms with Crippen molar-refractivity contribution in [1.82, 2.24) is 10.2 Å². The van der Waals surface area contributed by atoms with Gasteiger partial charge in [0.05, 0.1) is 13.0 Å². The van der Waals surface area contributed by atoms with Gasteiger partial charge in [-0.2, -0.15) is 0 Å². The summed E-state index contributed by atoms with van der Waals surface area (Å²) >= 11 is 3.21. The van der Waals surface area contributed by atoms with Gasteiger partial charge in [0, 0.05) is 15.8 Å². The summed E-state index contributed by atoms with van der Waals surface area (Å²) in [4.78, 5) is 30.6. The highest BCUT2D eigenvalue weighted by Crippen LogP contribution is 2.27. The summed E-state index contributed by atoms with van der Waals surface area (Å²) in [5.74, 6) is -0.00280. The number of carbonyl (C=O) groups excluding carboxylic acids is 2. The Labute approximate surface area is 176 Å². The quantitative estimate of drug-likeness (QED) is 0.656. The summed E-state index contributed by atoms with van der Waals surface area (Å²) in [7, 11) is 0. The highest BCUT2D eigenvalue weighted by atomic mass is 32.1. The third-order valence-corrected chi connectivity index (χ3v) is 7.55. The Morgan fingerprint density at radius 1 is 1.11 bits per heavy atom. The molecule has 0 saturated heterocycles. The molecule has 152 valence electrons. The second kappa shape index (κ2) is 9.70. The molecule has 3 rings (SSSR count). The van der Waals surface area contributed by atoms with Crippen molar-refractivity contribution in [3.63, 3.8) is 0 Å². The van der Waals surface area contributed by atoms with E-state index < -0.39 is 5.54 Å². The van der Waals surface area contributed by atoms with Crippen LogP contribution in [0.2, 0.25) is 0 Å². The topological polar surface area (TPSA) is 49.4 Å². The molecule has 0 aromatic carbocycles. The van der Waals surface area contributed by atoms with Gasteiger partial charge in [-0.3, -0.25) is 9.59 Å². The van der Waals surface area contributed by atoms with Crippen molar-refractivity contribution in [3.05, 3.63) is 44.8 Å². The molecule has 1 saturated carbocycles. The molecular weight excluding hydrogens is 388 g/mol. The Balaban J connectivity index is 1.81. The lowest BCUT2D eigenvalue weighted by Gasteiger charge is -2.40. The van der Waals surface area contributed by atoms with E-state index >= 15 is 0 Å². The fraction of sp³-hybridized carbons (Fsp3) is 0.545. The summed E-state index contributed by atoms with van der Waals surface area (Å²) in [5.41, 5.74) is -0.851. The predicted molar refractivity (Wildman–Crippen MR) is 117 cm³/mol. The Bertz CT molecular complexity index is 752. The molecule has 0 bridgehead atoms. The molecule has 28 heavy (non-hydrogen) atoms. The molecule has 1 aliphatic carbocycles. The molecule has 0 aliphatic heterocycles. The zero-order valence-electron chi connectivity index (χ0n) is 16.8. The number of nitrogens with one attached hydrogen (secondary N) is 1. The monoisotopic (exact) mass is 418 g/mol. The van der Waals surface area contributed by atoms with Gasteiger partial charge in [-0.05, 0) is 49.1 Å². The van der Waals surface area contributed by atoms with Crippen LogP contribution >= 0.6 is 22.7 Å². The lowest BCUT2D eigenvalue weighted by atomic mass is 9.91. The molecule has 0 radical (unpaired) electrons. The van der Waals surface area contributed by atoms with E-state index in [9.17, 15) is 9.59 Å². The maximum absolute atomic E-state index is 13.3. The first kappa shape index (κ1) is 21.1. The number of rotatable bonds is 8. The molecule has 1 aliphatic rings. The van der Waals surface area contributed by atoms with E-state index in [0.717, 1.165) is 22.6 Å². The lowest BCUT2D eigenvalue weighted by molar-refractivity contribution is -0.148. The van der Waals surface area contributed by atoms with Crippen LogP contribution in [0.4, 0.5) is 0 Å². The highest BCUT2D eigenvalue weighted by Gasteiger charge is 2.41. The summed E-state index contributed by atoms with van der Waals surface area (Å²) in [5, 5.41) is 7.26. The Morgan fingerprint density at radius 2 is 1.75 bits per heavy atom. The minimum absolute atomic E-state index is 0.0130. The molecule has 1 atom stereocenters. The molecule has 2 aromatic rings. The molecule has 2 heterocycles. The number of thiophene rings is 2. The predicted octanol–water partition coefficient (Wildman–Crippen LogP) is 5.00. The Kier molecular flexibility index (Phi) is 7.30. The van der Waals surface area contributed by atoms with E-state index in [1.54, 1.807) is 27.6 Å². The average Bonchev–Trinajstić information content (AvgIpc) is 3.40. The van der Waals surface area contributed by atoms with Crippen LogP contribution in [0.1, 0.15) is 62.1 Å². The SMILES string of the molecule is CC[C@@](C)(C(=O)NC1CCCCC1)N(Cc1cccs1)C(=O)Cc1cccs1. The van der Waals surface area contributed by atoms with Gasteiger partial charge in [-0.25, -0.2) is 0 Å². The molecule has 2 amide bonds. The van der Waals surface area contributed by atoms with Crippen LogP contribution in [0.15, 0.2) is 35.0 Å². The van der Waals surface area contributed by atoms with Crippen LogP contribution in [0.3, 0.4) is 0 Å². The van der Waals surface area contributed by atoms with Gasteiger partial charge in [-0.15, -0.1) is 22.7 Å². The van der Waals surface area contributed by atoms with Crippen LogP contribution in [0.25, 0.3) is 0 Å².